The Balaban J connectivity index is 1.81. The number of ketones is 1. The maximum atomic E-state index is 14.5. The Hall–Kier alpha value is -1.73. The molecule has 1 aromatic rings. The van der Waals surface area contributed by atoms with E-state index < -0.39 is 53.6 Å². The number of rotatable bonds is 4. The number of alkyl halides is 1. The summed E-state index contributed by atoms with van der Waals surface area (Å²) < 4.78 is 33.8. The van der Waals surface area contributed by atoms with Gasteiger partial charge in [-0.1, -0.05) is 23.7 Å². The Morgan fingerprint density at radius 2 is 2.00 bits per heavy atom. The van der Waals surface area contributed by atoms with Crippen LogP contribution in [0.2, 0.25) is 5.02 Å². The van der Waals surface area contributed by atoms with E-state index in [-0.39, 0.29) is 11.4 Å². The average molecular weight is 416 g/mol. The third-order valence-electron chi connectivity index (χ3n) is 5.25. The van der Waals surface area contributed by atoms with Crippen LogP contribution in [-0.2, 0) is 14.9 Å². The number of aliphatic hydroxyl groups is 1. The minimum absolute atomic E-state index is 0.0312. The quantitative estimate of drug-likeness (QED) is 0.812. The Labute approximate surface area is 167 Å². The molecule has 0 spiro atoms. The summed E-state index contributed by atoms with van der Waals surface area (Å²) in [6.07, 6.45) is -3.21. The van der Waals surface area contributed by atoms with Crippen molar-refractivity contribution in [3.63, 3.8) is 0 Å². The number of amides is 1. The maximum absolute atomic E-state index is 14.5. The zero-order valence-electron chi connectivity index (χ0n) is 16.0. The number of hydrogen-bond acceptors (Lipinski definition) is 4. The van der Waals surface area contributed by atoms with Crippen molar-refractivity contribution in [2.24, 2.45) is 0 Å². The number of halogens is 3. The highest BCUT2D eigenvalue weighted by Gasteiger charge is 2.53. The highest BCUT2D eigenvalue weighted by molar-refractivity contribution is 6.30. The molecular formula is C20H24ClF2NO4. The van der Waals surface area contributed by atoms with E-state index in [1.54, 1.807) is 32.9 Å². The summed E-state index contributed by atoms with van der Waals surface area (Å²) >= 11 is 5.86. The molecule has 3 atom stereocenters. The van der Waals surface area contributed by atoms with Crippen LogP contribution in [0.1, 0.15) is 45.6 Å². The monoisotopic (exact) mass is 415 g/mol. The first-order valence-electron chi connectivity index (χ1n) is 9.24. The van der Waals surface area contributed by atoms with E-state index in [1.807, 2.05) is 0 Å². The average Bonchev–Trinajstić information content (AvgIpc) is 3.28. The molecule has 8 heteroatoms. The van der Waals surface area contributed by atoms with Gasteiger partial charge in [0.25, 0.3) is 0 Å². The van der Waals surface area contributed by atoms with Gasteiger partial charge in [0, 0.05) is 11.8 Å². The van der Waals surface area contributed by atoms with Crippen molar-refractivity contribution in [2.75, 3.05) is 6.54 Å². The number of aliphatic hydroxyl groups excluding tert-OH is 1. The summed E-state index contributed by atoms with van der Waals surface area (Å²) in [6, 6.07) is 3.26. The Morgan fingerprint density at radius 1 is 1.36 bits per heavy atom. The second kappa shape index (κ2) is 7.26. The van der Waals surface area contributed by atoms with E-state index in [2.05, 4.69) is 0 Å². The lowest BCUT2D eigenvalue weighted by atomic mass is 9.87. The second-order valence-electron chi connectivity index (χ2n) is 8.61. The summed E-state index contributed by atoms with van der Waals surface area (Å²) in [7, 11) is 0. The van der Waals surface area contributed by atoms with Gasteiger partial charge >= 0.3 is 6.09 Å². The Bertz CT molecular complexity index is 791. The molecule has 5 nitrogen and oxygen atoms in total. The predicted octanol–water partition coefficient (Wildman–Crippen LogP) is 3.79. The van der Waals surface area contributed by atoms with Crippen molar-refractivity contribution in [1.82, 2.24) is 4.90 Å². The Morgan fingerprint density at radius 3 is 2.57 bits per heavy atom. The predicted molar refractivity (Wildman–Crippen MR) is 99.6 cm³/mol. The van der Waals surface area contributed by atoms with Gasteiger partial charge in [0.2, 0.25) is 0 Å². The van der Waals surface area contributed by atoms with Crippen molar-refractivity contribution < 1.29 is 28.2 Å². The molecule has 1 amide bonds. The standard InChI is InChI=1S/C20H24ClF2NO4/c1-19(2,3)28-18(27)24-10-13(22)17(26)16(24)14(25)9-20(7-8-20)11-5-4-6-12(21)15(11)23/h4-6,13,16-17,26H,7-10H2,1-3H3/t13-,16+,17+/m0/s1. The van der Waals surface area contributed by atoms with Gasteiger partial charge < -0.3 is 9.84 Å². The molecule has 1 N–H and O–H groups in total. The molecule has 1 heterocycles. The fourth-order valence-electron chi connectivity index (χ4n) is 3.71. The lowest BCUT2D eigenvalue weighted by molar-refractivity contribution is -0.126. The first kappa shape index (κ1) is 21.0. The smallest absolute Gasteiger partial charge is 0.411 e. The summed E-state index contributed by atoms with van der Waals surface area (Å²) in [6.45, 7) is 4.54. The van der Waals surface area contributed by atoms with Gasteiger partial charge in [0.1, 0.15) is 29.7 Å². The van der Waals surface area contributed by atoms with Gasteiger partial charge in [-0.2, -0.15) is 0 Å². The van der Waals surface area contributed by atoms with Crippen LogP contribution in [0.3, 0.4) is 0 Å². The lowest BCUT2D eigenvalue weighted by Gasteiger charge is -2.29. The zero-order chi connectivity index (χ0) is 20.9. The van der Waals surface area contributed by atoms with Crippen LogP contribution in [-0.4, -0.2) is 52.3 Å². The van der Waals surface area contributed by atoms with E-state index in [4.69, 9.17) is 16.3 Å². The number of ether oxygens (including phenoxy) is 1. The number of carbonyl (C=O) groups excluding carboxylic acids is 2. The highest BCUT2D eigenvalue weighted by atomic mass is 35.5. The van der Waals surface area contributed by atoms with Crippen molar-refractivity contribution in [1.29, 1.82) is 0 Å². The summed E-state index contributed by atoms with van der Waals surface area (Å²) in [5.41, 5.74) is -1.23. The highest BCUT2D eigenvalue weighted by Crippen LogP contribution is 2.53. The number of carbonyl (C=O) groups is 2. The summed E-state index contributed by atoms with van der Waals surface area (Å²) in [5.74, 6) is -1.09. The third-order valence-corrected chi connectivity index (χ3v) is 5.54. The molecule has 1 aliphatic carbocycles. The van der Waals surface area contributed by atoms with Crippen molar-refractivity contribution >= 4 is 23.5 Å². The Kier molecular flexibility index (Phi) is 5.44. The van der Waals surface area contributed by atoms with Gasteiger partial charge in [-0.15, -0.1) is 0 Å². The van der Waals surface area contributed by atoms with E-state index in [1.165, 1.54) is 6.07 Å². The van der Waals surface area contributed by atoms with Crippen molar-refractivity contribution in [2.45, 2.75) is 69.4 Å². The van der Waals surface area contributed by atoms with E-state index in [0.29, 0.717) is 18.4 Å². The molecule has 1 aliphatic heterocycles. The number of Topliss-reactive ketones (excluding diaryl/α,β-unsaturated/α-hetero) is 1. The van der Waals surface area contributed by atoms with Crippen LogP contribution in [0.25, 0.3) is 0 Å². The molecule has 154 valence electrons. The number of hydrogen-bond donors (Lipinski definition) is 1. The normalized spacial score (nSPS) is 26.2. The van der Waals surface area contributed by atoms with Crippen molar-refractivity contribution in [3.8, 4) is 0 Å². The first-order valence-corrected chi connectivity index (χ1v) is 9.62. The van der Waals surface area contributed by atoms with E-state index >= 15 is 0 Å². The molecule has 3 rings (SSSR count). The van der Waals surface area contributed by atoms with E-state index in [0.717, 1.165) is 4.90 Å². The van der Waals surface area contributed by atoms with Gasteiger partial charge in [-0.25, -0.2) is 13.6 Å². The van der Waals surface area contributed by atoms with Crippen LogP contribution in [0.4, 0.5) is 13.6 Å². The fraction of sp³-hybridized carbons (Fsp3) is 0.600. The number of likely N-dealkylation sites (tertiary alicyclic amines) is 1. The fourth-order valence-corrected chi connectivity index (χ4v) is 3.88. The lowest BCUT2D eigenvalue weighted by Crippen LogP contribution is -2.47. The molecule has 1 saturated heterocycles. The van der Waals surface area contributed by atoms with Crippen LogP contribution in [0.5, 0.6) is 0 Å². The molecule has 2 fully saturated rings. The molecule has 0 radical (unpaired) electrons. The van der Waals surface area contributed by atoms with Crippen LogP contribution in [0.15, 0.2) is 18.2 Å². The molecule has 1 saturated carbocycles. The van der Waals surface area contributed by atoms with Crippen molar-refractivity contribution in [3.05, 3.63) is 34.6 Å². The maximum Gasteiger partial charge on any atom is 0.411 e. The van der Waals surface area contributed by atoms with Crippen LogP contribution < -0.4 is 0 Å². The zero-order valence-corrected chi connectivity index (χ0v) is 16.8. The summed E-state index contributed by atoms with van der Waals surface area (Å²) in [5, 5.41) is 10.2. The molecule has 2 aliphatic rings. The molecule has 0 aromatic heterocycles. The summed E-state index contributed by atoms with van der Waals surface area (Å²) in [4.78, 5) is 26.3. The molecule has 1 aromatic carbocycles. The van der Waals surface area contributed by atoms with Gasteiger partial charge in [-0.3, -0.25) is 9.69 Å². The topological polar surface area (TPSA) is 66.8 Å². The third kappa shape index (κ3) is 4.01. The molecule has 28 heavy (non-hydrogen) atoms. The van der Waals surface area contributed by atoms with E-state index in [9.17, 15) is 23.5 Å². The largest absolute Gasteiger partial charge is 0.444 e. The molecular weight excluding hydrogens is 392 g/mol. The van der Waals surface area contributed by atoms with Crippen LogP contribution >= 0.6 is 11.6 Å². The minimum atomic E-state index is -1.75. The van der Waals surface area contributed by atoms with Gasteiger partial charge in [-0.05, 0) is 45.2 Å². The van der Waals surface area contributed by atoms with Gasteiger partial charge in [0.05, 0.1) is 11.6 Å². The SMILES string of the molecule is CC(C)(C)OC(=O)N1C[C@H](F)[C@@H](O)[C@H]1C(=O)CC1(c2cccc(Cl)c2F)CC1. The van der Waals surface area contributed by atoms with Gasteiger partial charge in [0.15, 0.2) is 5.78 Å². The number of nitrogens with zero attached hydrogens (tertiary/aromatic N) is 1. The molecule has 0 bridgehead atoms. The second-order valence-corrected chi connectivity index (χ2v) is 9.02. The number of benzene rings is 1. The minimum Gasteiger partial charge on any atom is -0.444 e. The molecule has 0 unspecified atom stereocenters. The first-order chi connectivity index (χ1) is 12.9. The van der Waals surface area contributed by atoms with Crippen LogP contribution in [0, 0.1) is 5.82 Å².